The first-order valence-electron chi connectivity index (χ1n) is 7.23. The number of hydrogen-bond acceptors (Lipinski definition) is 2. The number of furan rings is 1. The van der Waals surface area contributed by atoms with E-state index in [0.29, 0.717) is 18.7 Å². The second-order valence-electron chi connectivity index (χ2n) is 5.05. The molecule has 0 unspecified atom stereocenters. The van der Waals surface area contributed by atoms with E-state index in [1.165, 1.54) is 11.6 Å². The number of benzene rings is 2. The topological polar surface area (TPSA) is 25.2 Å². The molecule has 0 spiro atoms. The lowest BCUT2D eigenvalue weighted by atomic mass is 10.1. The van der Waals surface area contributed by atoms with E-state index in [4.69, 9.17) is 4.42 Å². The number of hydrogen-bond donors (Lipinski definition) is 1. The summed E-state index contributed by atoms with van der Waals surface area (Å²) < 4.78 is 19.5. The highest BCUT2D eigenvalue weighted by molar-refractivity contribution is 5.82. The van der Waals surface area contributed by atoms with Gasteiger partial charge in [-0.2, -0.15) is 0 Å². The molecule has 0 saturated heterocycles. The van der Waals surface area contributed by atoms with Gasteiger partial charge in [0.05, 0.1) is 0 Å². The molecule has 2 aromatic carbocycles. The zero-order valence-corrected chi connectivity index (χ0v) is 12.0. The summed E-state index contributed by atoms with van der Waals surface area (Å²) in [5.74, 6) is 0.829. The van der Waals surface area contributed by atoms with Crippen molar-refractivity contribution in [3.05, 3.63) is 71.2 Å². The molecule has 0 aliphatic heterocycles. The van der Waals surface area contributed by atoms with E-state index in [0.717, 1.165) is 23.2 Å². The summed E-state index contributed by atoms with van der Waals surface area (Å²) in [6.45, 7) is 3.27. The molecule has 3 heteroatoms. The van der Waals surface area contributed by atoms with E-state index in [9.17, 15) is 4.39 Å². The number of nitrogens with one attached hydrogen (secondary N) is 1. The molecule has 0 saturated carbocycles. The molecule has 0 aliphatic carbocycles. The second-order valence-corrected chi connectivity index (χ2v) is 5.05. The molecular weight excluding hydrogens is 265 g/mol. The lowest BCUT2D eigenvalue weighted by Gasteiger charge is -2.06. The van der Waals surface area contributed by atoms with Crippen LogP contribution in [0.1, 0.15) is 23.8 Å². The zero-order valence-electron chi connectivity index (χ0n) is 12.0. The normalized spacial score (nSPS) is 11.1. The molecule has 1 heterocycles. The largest absolute Gasteiger partial charge is 0.461 e. The predicted molar refractivity (Wildman–Crippen MR) is 82.5 cm³/mol. The summed E-state index contributed by atoms with van der Waals surface area (Å²) in [4.78, 5) is 0. The summed E-state index contributed by atoms with van der Waals surface area (Å²) >= 11 is 0. The number of aryl methyl sites for hydroxylation is 1. The highest BCUT2D eigenvalue weighted by Crippen LogP contribution is 2.26. The molecule has 2 nitrogen and oxygen atoms in total. The first kappa shape index (κ1) is 13.8. The van der Waals surface area contributed by atoms with Crippen LogP contribution < -0.4 is 5.32 Å². The van der Waals surface area contributed by atoms with Crippen LogP contribution in [-0.4, -0.2) is 0 Å². The minimum absolute atomic E-state index is 0.169. The average molecular weight is 283 g/mol. The van der Waals surface area contributed by atoms with Gasteiger partial charge in [0.15, 0.2) is 0 Å². The SMILES string of the molecule is CCc1oc2ccccc2c1CNCc1ccccc1F. The van der Waals surface area contributed by atoms with Crippen LogP contribution in [0.2, 0.25) is 0 Å². The quantitative estimate of drug-likeness (QED) is 0.749. The van der Waals surface area contributed by atoms with Crippen molar-refractivity contribution in [2.45, 2.75) is 26.4 Å². The lowest BCUT2D eigenvalue weighted by molar-refractivity contribution is 0.541. The molecule has 3 aromatic rings. The maximum atomic E-state index is 13.6. The van der Waals surface area contributed by atoms with E-state index in [2.05, 4.69) is 18.3 Å². The minimum Gasteiger partial charge on any atom is -0.461 e. The Bertz CT molecular complexity index is 748. The number of halogens is 1. The Hall–Kier alpha value is -2.13. The molecule has 108 valence electrons. The maximum absolute atomic E-state index is 13.6. The molecule has 3 rings (SSSR count). The number of rotatable bonds is 5. The van der Waals surface area contributed by atoms with Crippen LogP contribution in [0.25, 0.3) is 11.0 Å². The van der Waals surface area contributed by atoms with Crippen LogP contribution in [0.3, 0.4) is 0 Å². The van der Waals surface area contributed by atoms with Crippen molar-refractivity contribution in [2.24, 2.45) is 0 Å². The Labute approximate surface area is 123 Å². The van der Waals surface area contributed by atoms with Crippen molar-refractivity contribution in [1.29, 1.82) is 0 Å². The molecule has 21 heavy (non-hydrogen) atoms. The fourth-order valence-electron chi connectivity index (χ4n) is 2.59. The van der Waals surface area contributed by atoms with Crippen LogP contribution in [0.4, 0.5) is 4.39 Å². The average Bonchev–Trinajstić information content (AvgIpc) is 2.87. The van der Waals surface area contributed by atoms with Crippen molar-refractivity contribution in [3.63, 3.8) is 0 Å². The molecular formula is C18H18FNO. The Kier molecular flexibility index (Phi) is 4.02. The van der Waals surface area contributed by atoms with E-state index in [1.54, 1.807) is 12.1 Å². The van der Waals surface area contributed by atoms with Crippen LogP contribution in [0.5, 0.6) is 0 Å². The Morgan fingerprint density at radius 3 is 2.57 bits per heavy atom. The van der Waals surface area contributed by atoms with Gasteiger partial charge in [0, 0.05) is 36.0 Å². The van der Waals surface area contributed by atoms with Gasteiger partial charge in [-0.05, 0) is 12.1 Å². The molecule has 0 aliphatic rings. The van der Waals surface area contributed by atoms with Crippen molar-refractivity contribution in [1.82, 2.24) is 5.32 Å². The summed E-state index contributed by atoms with van der Waals surface area (Å²) in [6.07, 6.45) is 0.853. The van der Waals surface area contributed by atoms with Crippen LogP contribution in [0.15, 0.2) is 52.9 Å². The molecule has 1 aromatic heterocycles. The van der Waals surface area contributed by atoms with Crippen molar-refractivity contribution in [3.8, 4) is 0 Å². The van der Waals surface area contributed by atoms with Gasteiger partial charge in [-0.1, -0.05) is 43.3 Å². The molecule has 0 radical (unpaired) electrons. The smallest absolute Gasteiger partial charge is 0.134 e. The summed E-state index contributed by atoms with van der Waals surface area (Å²) in [5.41, 5.74) is 2.77. The van der Waals surface area contributed by atoms with E-state index in [-0.39, 0.29) is 5.82 Å². The second kappa shape index (κ2) is 6.10. The van der Waals surface area contributed by atoms with Gasteiger partial charge < -0.3 is 9.73 Å². The molecule has 0 amide bonds. The van der Waals surface area contributed by atoms with Gasteiger partial charge in [0.25, 0.3) is 0 Å². The van der Waals surface area contributed by atoms with E-state index < -0.39 is 0 Å². The first-order chi connectivity index (χ1) is 10.3. The maximum Gasteiger partial charge on any atom is 0.134 e. The van der Waals surface area contributed by atoms with E-state index in [1.807, 2.05) is 24.3 Å². The first-order valence-corrected chi connectivity index (χ1v) is 7.23. The van der Waals surface area contributed by atoms with Gasteiger partial charge in [0.1, 0.15) is 17.2 Å². The van der Waals surface area contributed by atoms with Gasteiger partial charge in [-0.25, -0.2) is 4.39 Å². The Balaban J connectivity index is 1.77. The van der Waals surface area contributed by atoms with Gasteiger partial charge >= 0.3 is 0 Å². The van der Waals surface area contributed by atoms with E-state index >= 15 is 0 Å². The third-order valence-corrected chi connectivity index (χ3v) is 3.68. The fourth-order valence-corrected chi connectivity index (χ4v) is 2.59. The van der Waals surface area contributed by atoms with Crippen LogP contribution >= 0.6 is 0 Å². The number of para-hydroxylation sites is 1. The standard InChI is InChI=1S/C18H18FNO/c1-2-17-15(14-8-4-6-10-18(14)21-17)12-20-11-13-7-3-5-9-16(13)19/h3-10,20H,2,11-12H2,1H3. The molecule has 1 N–H and O–H groups in total. The fraction of sp³-hybridized carbons (Fsp3) is 0.222. The van der Waals surface area contributed by atoms with Crippen molar-refractivity contribution < 1.29 is 8.81 Å². The van der Waals surface area contributed by atoms with Crippen molar-refractivity contribution >= 4 is 11.0 Å². The highest BCUT2D eigenvalue weighted by atomic mass is 19.1. The van der Waals surface area contributed by atoms with Crippen LogP contribution in [-0.2, 0) is 19.5 Å². The highest BCUT2D eigenvalue weighted by Gasteiger charge is 2.12. The lowest BCUT2D eigenvalue weighted by Crippen LogP contribution is -2.14. The molecule has 0 bridgehead atoms. The third kappa shape index (κ3) is 2.83. The summed E-state index contributed by atoms with van der Waals surface area (Å²) in [5, 5.41) is 4.45. The third-order valence-electron chi connectivity index (χ3n) is 3.68. The zero-order chi connectivity index (χ0) is 14.7. The summed E-state index contributed by atoms with van der Waals surface area (Å²) in [6, 6.07) is 14.9. The van der Waals surface area contributed by atoms with Crippen LogP contribution in [0, 0.1) is 5.82 Å². The monoisotopic (exact) mass is 283 g/mol. The Morgan fingerprint density at radius 2 is 1.76 bits per heavy atom. The van der Waals surface area contributed by atoms with Gasteiger partial charge in [-0.15, -0.1) is 0 Å². The molecule has 0 fully saturated rings. The molecule has 0 atom stereocenters. The predicted octanol–water partition coefficient (Wildman–Crippen LogP) is 4.42. The minimum atomic E-state index is -0.169. The van der Waals surface area contributed by atoms with Crippen molar-refractivity contribution in [2.75, 3.05) is 0 Å². The summed E-state index contributed by atoms with van der Waals surface area (Å²) in [7, 11) is 0. The Morgan fingerprint density at radius 1 is 1.00 bits per heavy atom. The van der Waals surface area contributed by atoms with Gasteiger partial charge in [0.2, 0.25) is 0 Å². The van der Waals surface area contributed by atoms with Gasteiger partial charge in [-0.3, -0.25) is 0 Å². The number of fused-ring (bicyclic) bond motifs is 1.